The number of alkyl carbamates (subject to hydrolysis) is 1. The minimum Gasteiger partial charge on any atom is -0.444 e. The Balaban J connectivity index is 1.78. The largest absolute Gasteiger partial charge is 0.444 e. The molecule has 0 radical (unpaired) electrons. The summed E-state index contributed by atoms with van der Waals surface area (Å²) in [4.78, 5) is 15.5. The van der Waals surface area contributed by atoms with Gasteiger partial charge in [-0.25, -0.2) is 9.78 Å². The van der Waals surface area contributed by atoms with Crippen LogP contribution in [0.3, 0.4) is 0 Å². The summed E-state index contributed by atoms with van der Waals surface area (Å²) in [7, 11) is 0. The molecule has 1 amide bonds. The predicted molar refractivity (Wildman–Crippen MR) is 86.3 cm³/mol. The molecule has 0 aliphatic rings. The molecule has 0 saturated carbocycles. The lowest BCUT2D eigenvalue weighted by molar-refractivity contribution is 0.0530. The van der Waals surface area contributed by atoms with Gasteiger partial charge in [-0.1, -0.05) is 6.07 Å². The van der Waals surface area contributed by atoms with Gasteiger partial charge in [-0.3, -0.25) is 0 Å². The molecule has 118 valence electrons. The summed E-state index contributed by atoms with van der Waals surface area (Å²) >= 11 is 0. The molecule has 0 saturated heterocycles. The Hall–Kier alpha value is -2.50. The monoisotopic (exact) mass is 302 g/mol. The van der Waals surface area contributed by atoms with Crippen molar-refractivity contribution in [3.8, 4) is 5.69 Å². The Morgan fingerprint density at radius 1 is 1.32 bits per heavy atom. The van der Waals surface area contributed by atoms with Gasteiger partial charge in [0.05, 0.1) is 6.33 Å². The molecule has 2 aromatic rings. The second-order valence-corrected chi connectivity index (χ2v) is 5.88. The fourth-order valence-electron chi connectivity index (χ4n) is 1.87. The van der Waals surface area contributed by atoms with Crippen LogP contribution in [0, 0.1) is 0 Å². The van der Waals surface area contributed by atoms with E-state index in [2.05, 4.69) is 15.6 Å². The van der Waals surface area contributed by atoms with Crippen LogP contribution in [0.1, 0.15) is 20.8 Å². The van der Waals surface area contributed by atoms with Crippen molar-refractivity contribution in [3.63, 3.8) is 0 Å². The Morgan fingerprint density at radius 2 is 2.14 bits per heavy atom. The van der Waals surface area contributed by atoms with Gasteiger partial charge < -0.3 is 19.9 Å². The van der Waals surface area contributed by atoms with Gasteiger partial charge >= 0.3 is 6.09 Å². The number of hydrogen-bond acceptors (Lipinski definition) is 4. The maximum Gasteiger partial charge on any atom is 0.407 e. The summed E-state index contributed by atoms with van der Waals surface area (Å²) in [6.07, 6.45) is 4.98. The molecule has 0 bridgehead atoms. The van der Waals surface area contributed by atoms with Crippen molar-refractivity contribution in [1.82, 2.24) is 14.9 Å². The van der Waals surface area contributed by atoms with E-state index in [-0.39, 0.29) is 0 Å². The first-order chi connectivity index (χ1) is 10.4. The molecule has 0 aliphatic carbocycles. The fraction of sp³-hybridized carbons (Fsp3) is 0.375. The van der Waals surface area contributed by atoms with Crippen LogP contribution >= 0.6 is 0 Å². The second-order valence-electron chi connectivity index (χ2n) is 5.88. The van der Waals surface area contributed by atoms with Crippen molar-refractivity contribution in [2.24, 2.45) is 0 Å². The van der Waals surface area contributed by atoms with Gasteiger partial charge in [-0.05, 0) is 39.0 Å². The van der Waals surface area contributed by atoms with E-state index >= 15 is 0 Å². The van der Waals surface area contributed by atoms with Crippen molar-refractivity contribution >= 4 is 11.8 Å². The maximum atomic E-state index is 11.5. The van der Waals surface area contributed by atoms with Gasteiger partial charge in [-0.2, -0.15) is 0 Å². The van der Waals surface area contributed by atoms with E-state index in [0.717, 1.165) is 11.4 Å². The van der Waals surface area contributed by atoms with Crippen LogP contribution in [0.5, 0.6) is 0 Å². The summed E-state index contributed by atoms with van der Waals surface area (Å²) in [5, 5.41) is 5.97. The molecular weight excluding hydrogens is 280 g/mol. The average Bonchev–Trinajstić information content (AvgIpc) is 2.96. The van der Waals surface area contributed by atoms with Crippen LogP contribution < -0.4 is 10.6 Å². The Morgan fingerprint density at radius 3 is 2.82 bits per heavy atom. The highest BCUT2D eigenvalue weighted by molar-refractivity contribution is 5.67. The van der Waals surface area contributed by atoms with Crippen LogP contribution in [0.2, 0.25) is 0 Å². The van der Waals surface area contributed by atoms with Crippen LogP contribution in [-0.2, 0) is 4.74 Å². The zero-order chi connectivity index (χ0) is 16.0. The highest BCUT2D eigenvalue weighted by Gasteiger charge is 2.15. The van der Waals surface area contributed by atoms with Gasteiger partial charge in [0.2, 0.25) is 0 Å². The van der Waals surface area contributed by atoms with Gasteiger partial charge in [0.25, 0.3) is 0 Å². The van der Waals surface area contributed by atoms with Crippen molar-refractivity contribution < 1.29 is 9.53 Å². The summed E-state index contributed by atoms with van der Waals surface area (Å²) in [6.45, 7) is 6.63. The first-order valence-electron chi connectivity index (χ1n) is 7.23. The van der Waals surface area contributed by atoms with Gasteiger partial charge in [0, 0.05) is 36.9 Å². The van der Waals surface area contributed by atoms with Gasteiger partial charge in [-0.15, -0.1) is 0 Å². The quantitative estimate of drug-likeness (QED) is 0.833. The van der Waals surface area contributed by atoms with Crippen LogP contribution in [0.25, 0.3) is 5.69 Å². The molecular formula is C16H22N4O2. The molecule has 0 atom stereocenters. The van der Waals surface area contributed by atoms with E-state index in [0.29, 0.717) is 13.1 Å². The van der Waals surface area contributed by atoms with E-state index in [9.17, 15) is 4.79 Å². The van der Waals surface area contributed by atoms with E-state index in [4.69, 9.17) is 4.74 Å². The molecule has 0 spiro atoms. The van der Waals surface area contributed by atoms with Crippen molar-refractivity contribution in [1.29, 1.82) is 0 Å². The van der Waals surface area contributed by atoms with Crippen molar-refractivity contribution in [2.75, 3.05) is 18.4 Å². The third-order valence-corrected chi connectivity index (χ3v) is 2.77. The number of hydrogen-bond donors (Lipinski definition) is 2. The fourth-order valence-corrected chi connectivity index (χ4v) is 1.87. The molecule has 2 rings (SSSR count). The number of nitrogens with one attached hydrogen (secondary N) is 2. The summed E-state index contributed by atoms with van der Waals surface area (Å²) in [5.74, 6) is 0. The summed E-state index contributed by atoms with van der Waals surface area (Å²) in [6, 6.07) is 7.98. The zero-order valence-corrected chi connectivity index (χ0v) is 13.2. The molecule has 22 heavy (non-hydrogen) atoms. The van der Waals surface area contributed by atoms with Gasteiger partial charge in [0.15, 0.2) is 0 Å². The smallest absolute Gasteiger partial charge is 0.407 e. The lowest BCUT2D eigenvalue weighted by Crippen LogP contribution is -2.34. The van der Waals surface area contributed by atoms with E-state index in [1.54, 1.807) is 12.5 Å². The first-order valence-corrected chi connectivity index (χ1v) is 7.23. The Labute approximate surface area is 130 Å². The molecule has 6 heteroatoms. The number of anilines is 1. The van der Waals surface area contributed by atoms with Crippen molar-refractivity contribution in [2.45, 2.75) is 26.4 Å². The third-order valence-electron chi connectivity index (χ3n) is 2.77. The topological polar surface area (TPSA) is 68.2 Å². The number of amides is 1. The molecule has 0 unspecified atom stereocenters. The number of rotatable bonds is 5. The predicted octanol–water partition coefficient (Wildman–Crippen LogP) is 2.81. The summed E-state index contributed by atoms with van der Waals surface area (Å²) < 4.78 is 7.10. The molecule has 1 aromatic heterocycles. The number of imidazole rings is 1. The Bertz CT molecular complexity index is 603. The zero-order valence-electron chi connectivity index (χ0n) is 13.2. The lowest BCUT2D eigenvalue weighted by Gasteiger charge is -2.19. The summed E-state index contributed by atoms with van der Waals surface area (Å²) in [5.41, 5.74) is 1.54. The Kier molecular flexibility index (Phi) is 5.04. The normalized spacial score (nSPS) is 11.0. The van der Waals surface area contributed by atoms with E-state index < -0.39 is 11.7 Å². The second kappa shape index (κ2) is 6.98. The number of carbonyl (C=O) groups excluding carboxylic acids is 1. The van der Waals surface area contributed by atoms with Gasteiger partial charge in [0.1, 0.15) is 5.60 Å². The molecule has 1 aromatic carbocycles. The average molecular weight is 302 g/mol. The van der Waals surface area contributed by atoms with Crippen molar-refractivity contribution in [3.05, 3.63) is 43.0 Å². The molecule has 2 N–H and O–H groups in total. The minimum absolute atomic E-state index is 0.401. The minimum atomic E-state index is -0.476. The number of nitrogens with zero attached hydrogens (tertiary/aromatic N) is 2. The third kappa shape index (κ3) is 5.12. The molecule has 0 aliphatic heterocycles. The standard InChI is InChI=1S/C16H22N4O2/c1-16(2,3)22-15(21)19-8-7-18-13-5-4-6-14(11-13)20-10-9-17-12-20/h4-6,9-12,18H,7-8H2,1-3H3,(H,19,21). The SMILES string of the molecule is CC(C)(C)OC(=O)NCCNc1cccc(-n2ccnc2)c1. The van der Waals surface area contributed by atoms with E-state index in [1.807, 2.05) is 55.8 Å². The molecule has 6 nitrogen and oxygen atoms in total. The number of benzene rings is 1. The maximum absolute atomic E-state index is 11.5. The highest BCUT2D eigenvalue weighted by atomic mass is 16.6. The first kappa shape index (κ1) is 15.9. The number of carbonyl (C=O) groups is 1. The van der Waals surface area contributed by atoms with Crippen LogP contribution in [-0.4, -0.2) is 34.3 Å². The molecule has 0 fully saturated rings. The van der Waals surface area contributed by atoms with E-state index in [1.165, 1.54) is 0 Å². The molecule has 1 heterocycles. The van der Waals surface area contributed by atoms with Crippen LogP contribution in [0.4, 0.5) is 10.5 Å². The lowest BCUT2D eigenvalue weighted by atomic mass is 10.2. The number of ether oxygens (including phenoxy) is 1. The highest BCUT2D eigenvalue weighted by Crippen LogP contribution is 2.14. The number of aromatic nitrogens is 2. The van der Waals surface area contributed by atoms with Crippen LogP contribution in [0.15, 0.2) is 43.0 Å².